The van der Waals surface area contributed by atoms with Gasteiger partial charge in [0, 0.05) is 0 Å². The highest BCUT2D eigenvalue weighted by Crippen LogP contribution is 2.09. The summed E-state index contributed by atoms with van der Waals surface area (Å²) in [4.78, 5) is 0. The summed E-state index contributed by atoms with van der Waals surface area (Å²) in [6.07, 6.45) is 0. The number of halogens is 1. The Hall–Kier alpha value is -0.330. The molecule has 0 bridgehead atoms. The van der Waals surface area contributed by atoms with Gasteiger partial charge in [0.2, 0.25) is 0 Å². The van der Waals surface area contributed by atoms with Crippen molar-refractivity contribution in [3.8, 4) is 5.75 Å². The Morgan fingerprint density at radius 1 is 1.36 bits per heavy atom. The molecule has 0 radical (unpaired) electrons. The van der Waals surface area contributed by atoms with Gasteiger partial charge in [-0.15, -0.1) is 3.07 Å². The lowest BCUT2D eigenvalue weighted by Gasteiger charge is -1.94. The number of phenols is 1. The average Bonchev–Trinajstić information content (AvgIpc) is 2.04. The van der Waals surface area contributed by atoms with Crippen LogP contribution in [0.4, 0.5) is 0 Å². The average molecular weight is 266 g/mol. The molecule has 4 heteroatoms. The monoisotopic (exact) mass is 266 g/mol. The Labute approximate surface area is 76.0 Å². The molecule has 0 saturated carbocycles. The molecule has 0 spiro atoms. The fourth-order valence-corrected chi connectivity index (χ4v) is 1.16. The van der Waals surface area contributed by atoms with Crippen molar-refractivity contribution in [3.63, 3.8) is 0 Å². The molecule has 1 aromatic carbocycles. The van der Waals surface area contributed by atoms with E-state index >= 15 is 0 Å². The molecule has 0 heterocycles. The van der Waals surface area contributed by atoms with Crippen LogP contribution in [0.25, 0.3) is 0 Å². The maximum absolute atomic E-state index is 10.0. The van der Waals surface area contributed by atoms with Crippen LogP contribution in [0.1, 0.15) is 5.56 Å². The fraction of sp³-hybridized carbons (Fsp3) is 0.143. The van der Waals surface area contributed by atoms with Crippen molar-refractivity contribution < 1.29 is 33.6 Å². The van der Waals surface area contributed by atoms with E-state index in [9.17, 15) is 3.44 Å². The van der Waals surface area contributed by atoms with Gasteiger partial charge >= 0.3 is 22.0 Å². The molecule has 3 nitrogen and oxygen atoms in total. The van der Waals surface area contributed by atoms with E-state index in [2.05, 4.69) is 0 Å². The quantitative estimate of drug-likeness (QED) is 0.601. The van der Waals surface area contributed by atoms with Gasteiger partial charge in [0.25, 0.3) is 0 Å². The maximum Gasteiger partial charge on any atom is 0.453 e. The van der Waals surface area contributed by atoms with Gasteiger partial charge in [0.1, 0.15) is 12.4 Å². The zero-order chi connectivity index (χ0) is 8.10. The first kappa shape index (κ1) is 8.76. The van der Waals surface area contributed by atoms with Crippen molar-refractivity contribution in [2.24, 2.45) is 0 Å². The molecule has 1 rings (SSSR count). The zero-order valence-electron chi connectivity index (χ0n) is 5.66. The summed E-state index contributed by atoms with van der Waals surface area (Å²) >= 11 is -1.34. The summed E-state index contributed by atoms with van der Waals surface area (Å²) < 4.78 is 14.7. The third-order valence-electron chi connectivity index (χ3n) is 1.20. The number of hydrogen-bond acceptors (Lipinski definition) is 3. The van der Waals surface area contributed by atoms with Gasteiger partial charge in [0.05, 0.1) is 0 Å². The van der Waals surface area contributed by atoms with Crippen LogP contribution in [-0.4, -0.2) is 5.11 Å². The highest BCUT2D eigenvalue weighted by Gasteiger charge is 1.96. The van der Waals surface area contributed by atoms with Crippen molar-refractivity contribution in [1.82, 2.24) is 0 Å². The minimum absolute atomic E-state index is 0.227. The van der Waals surface area contributed by atoms with Gasteiger partial charge in [-0.25, -0.2) is 0 Å². The van der Waals surface area contributed by atoms with E-state index in [1.165, 1.54) is 0 Å². The fourth-order valence-electron chi connectivity index (χ4n) is 0.677. The molecule has 0 aliphatic heterocycles. The number of hydrogen-bond donors (Lipinski definition) is 1. The summed E-state index contributed by atoms with van der Waals surface area (Å²) in [5.74, 6) is 0.227. The number of phenolic OH excluding ortho intramolecular Hbond substituents is 1. The minimum atomic E-state index is -1.34. The van der Waals surface area contributed by atoms with Crippen molar-refractivity contribution in [1.29, 1.82) is 0 Å². The second kappa shape index (κ2) is 4.53. The van der Waals surface area contributed by atoms with Gasteiger partial charge < -0.3 is 8.54 Å². The first-order valence-electron chi connectivity index (χ1n) is 3.00. The molecule has 1 N–H and O–H groups in total. The largest absolute Gasteiger partial charge is 0.567 e. The molecule has 0 saturated heterocycles. The van der Waals surface area contributed by atoms with E-state index in [4.69, 9.17) is 8.17 Å². The Bertz CT molecular complexity index is 209. The van der Waals surface area contributed by atoms with Crippen LogP contribution in [0, 0.1) is 0 Å². The molecule has 11 heavy (non-hydrogen) atoms. The minimum Gasteiger partial charge on any atom is -0.567 e. The summed E-state index contributed by atoms with van der Waals surface area (Å²) in [7, 11) is 0. The van der Waals surface area contributed by atoms with E-state index in [-0.39, 0.29) is 5.75 Å². The summed E-state index contributed by atoms with van der Waals surface area (Å²) in [5, 5.41) is 8.89. The molecule has 1 aromatic rings. The molecular formula is C7H7IO3. The van der Waals surface area contributed by atoms with Gasteiger partial charge in [-0.05, 0) is 17.7 Å². The summed E-state index contributed by atoms with van der Waals surface area (Å²) in [6.45, 7) is 0.358. The Morgan fingerprint density at radius 3 is 2.55 bits per heavy atom. The number of rotatable bonds is 3. The third kappa shape index (κ3) is 3.04. The van der Waals surface area contributed by atoms with Crippen LogP contribution in [0.3, 0.4) is 0 Å². The van der Waals surface area contributed by atoms with Crippen LogP contribution < -0.4 is 25.5 Å². The second-order valence-electron chi connectivity index (χ2n) is 1.98. The molecule has 60 valence electrons. The zero-order valence-corrected chi connectivity index (χ0v) is 7.82. The number of aromatic hydroxyl groups is 1. The highest BCUT2D eigenvalue weighted by molar-refractivity contribution is 5.25. The molecule has 0 fully saturated rings. The van der Waals surface area contributed by atoms with Crippen LogP contribution in [0.15, 0.2) is 24.3 Å². The third-order valence-corrected chi connectivity index (χ3v) is 1.77. The van der Waals surface area contributed by atoms with Crippen molar-refractivity contribution in [3.05, 3.63) is 29.8 Å². The van der Waals surface area contributed by atoms with E-state index in [1.54, 1.807) is 24.3 Å². The Morgan fingerprint density at radius 2 is 2.00 bits per heavy atom. The van der Waals surface area contributed by atoms with Crippen LogP contribution >= 0.6 is 0 Å². The van der Waals surface area contributed by atoms with Crippen molar-refractivity contribution in [2.45, 2.75) is 6.61 Å². The first-order chi connectivity index (χ1) is 5.33. The second-order valence-corrected chi connectivity index (χ2v) is 2.97. The van der Waals surface area contributed by atoms with E-state index in [0.717, 1.165) is 5.56 Å². The molecule has 0 atom stereocenters. The maximum atomic E-state index is 10.0. The lowest BCUT2D eigenvalue weighted by atomic mass is 10.2. The lowest BCUT2D eigenvalue weighted by Crippen LogP contribution is -3.70. The normalized spacial score (nSPS) is 9.91. The standard InChI is InChI=1S/C7H7IO3/c9-7-3-1-6(2-4-7)5-11-8-10/h1-4,9H,5H2. The van der Waals surface area contributed by atoms with Crippen molar-refractivity contribution in [2.75, 3.05) is 0 Å². The topological polar surface area (TPSA) is 52.5 Å². The van der Waals surface area contributed by atoms with E-state index < -0.39 is 22.0 Å². The molecule has 0 unspecified atom stereocenters. The lowest BCUT2D eigenvalue weighted by molar-refractivity contribution is -1.27. The highest BCUT2D eigenvalue weighted by atomic mass is 127. The molecule has 0 aliphatic rings. The van der Waals surface area contributed by atoms with Gasteiger partial charge in [-0.2, -0.15) is 0 Å². The smallest absolute Gasteiger partial charge is 0.453 e. The predicted octanol–water partition coefficient (Wildman–Crippen LogP) is -2.81. The predicted molar refractivity (Wildman–Crippen MR) is 32.9 cm³/mol. The Kier molecular flexibility index (Phi) is 3.61. The van der Waals surface area contributed by atoms with Gasteiger partial charge in [0.15, 0.2) is 0 Å². The molecule has 0 aliphatic carbocycles. The number of benzene rings is 1. The van der Waals surface area contributed by atoms with E-state index in [0.29, 0.717) is 6.61 Å². The van der Waals surface area contributed by atoms with Crippen LogP contribution in [0.5, 0.6) is 5.75 Å². The van der Waals surface area contributed by atoms with Gasteiger partial charge in [-0.3, -0.25) is 0 Å². The van der Waals surface area contributed by atoms with Gasteiger partial charge in [-0.1, -0.05) is 12.1 Å². The van der Waals surface area contributed by atoms with Crippen LogP contribution in [0.2, 0.25) is 0 Å². The van der Waals surface area contributed by atoms with Crippen LogP contribution in [-0.2, 0) is 9.67 Å². The van der Waals surface area contributed by atoms with E-state index in [1.807, 2.05) is 0 Å². The van der Waals surface area contributed by atoms with Crippen molar-refractivity contribution >= 4 is 0 Å². The first-order valence-corrected chi connectivity index (χ1v) is 4.76. The molecule has 0 amide bonds. The molecule has 0 aromatic heterocycles. The summed E-state index contributed by atoms with van der Waals surface area (Å²) in [5.41, 5.74) is 0.915. The Balaban J connectivity index is 2.52. The SMILES string of the molecule is [O-][I+]OCc1ccc(O)cc1. The summed E-state index contributed by atoms with van der Waals surface area (Å²) in [6, 6.07) is 6.60. The molecular weight excluding hydrogens is 259 g/mol.